The molecule has 1 N–H and O–H groups in total. The summed E-state index contributed by atoms with van der Waals surface area (Å²) < 4.78 is 37.3. The SMILES string of the molecule is O=C(NCc1ccc(C(F)(F)F)cc1)c1cccc(Cl)c1Cl. The highest BCUT2D eigenvalue weighted by Gasteiger charge is 2.29. The third-order valence-corrected chi connectivity index (χ3v) is 3.75. The Balaban J connectivity index is 2.04. The molecule has 0 saturated heterocycles. The minimum Gasteiger partial charge on any atom is -0.348 e. The zero-order valence-electron chi connectivity index (χ0n) is 11.0. The van der Waals surface area contributed by atoms with E-state index in [9.17, 15) is 18.0 Å². The Morgan fingerprint density at radius 2 is 1.68 bits per heavy atom. The minimum absolute atomic E-state index is 0.0831. The van der Waals surface area contributed by atoms with Crippen molar-refractivity contribution in [3.63, 3.8) is 0 Å². The van der Waals surface area contributed by atoms with Gasteiger partial charge >= 0.3 is 6.18 Å². The van der Waals surface area contributed by atoms with Gasteiger partial charge in [-0.1, -0.05) is 41.4 Å². The van der Waals surface area contributed by atoms with E-state index in [0.717, 1.165) is 12.1 Å². The molecule has 0 aliphatic carbocycles. The minimum atomic E-state index is -4.38. The quantitative estimate of drug-likeness (QED) is 0.836. The fourth-order valence-corrected chi connectivity index (χ4v) is 2.15. The first-order chi connectivity index (χ1) is 10.3. The highest BCUT2D eigenvalue weighted by atomic mass is 35.5. The van der Waals surface area contributed by atoms with Crippen molar-refractivity contribution in [2.24, 2.45) is 0 Å². The second-order valence-corrected chi connectivity index (χ2v) is 5.26. The number of hydrogen-bond acceptors (Lipinski definition) is 1. The van der Waals surface area contributed by atoms with Crippen LogP contribution >= 0.6 is 23.2 Å². The number of halogens is 5. The van der Waals surface area contributed by atoms with Gasteiger partial charge in [0.1, 0.15) is 0 Å². The van der Waals surface area contributed by atoms with E-state index in [4.69, 9.17) is 23.2 Å². The normalized spacial score (nSPS) is 11.3. The molecule has 0 unspecified atom stereocenters. The number of benzene rings is 2. The van der Waals surface area contributed by atoms with Crippen LogP contribution in [0.15, 0.2) is 42.5 Å². The van der Waals surface area contributed by atoms with E-state index < -0.39 is 17.6 Å². The standard InChI is InChI=1S/C15H10Cl2F3NO/c16-12-3-1-2-11(13(12)17)14(22)21-8-9-4-6-10(7-5-9)15(18,19)20/h1-7H,8H2,(H,21,22). The maximum Gasteiger partial charge on any atom is 0.416 e. The average Bonchev–Trinajstić information content (AvgIpc) is 2.47. The fraction of sp³-hybridized carbons (Fsp3) is 0.133. The maximum atomic E-state index is 12.4. The van der Waals surface area contributed by atoms with Gasteiger partial charge in [0, 0.05) is 6.54 Å². The number of hydrogen-bond donors (Lipinski definition) is 1. The van der Waals surface area contributed by atoms with Crippen molar-refractivity contribution in [2.75, 3.05) is 0 Å². The van der Waals surface area contributed by atoms with Gasteiger partial charge < -0.3 is 5.32 Å². The Bertz CT molecular complexity index is 684. The molecule has 2 aromatic carbocycles. The summed E-state index contributed by atoms with van der Waals surface area (Å²) in [6.45, 7) is 0.0831. The maximum absolute atomic E-state index is 12.4. The van der Waals surface area contributed by atoms with Crippen LogP contribution in [-0.4, -0.2) is 5.91 Å². The Morgan fingerprint density at radius 3 is 2.27 bits per heavy atom. The van der Waals surface area contributed by atoms with Gasteiger partial charge in [-0.25, -0.2) is 0 Å². The van der Waals surface area contributed by atoms with E-state index in [1.54, 1.807) is 12.1 Å². The lowest BCUT2D eigenvalue weighted by Crippen LogP contribution is -2.23. The Morgan fingerprint density at radius 1 is 1.05 bits per heavy atom. The summed E-state index contributed by atoms with van der Waals surface area (Å²) in [4.78, 5) is 12.0. The number of rotatable bonds is 3. The van der Waals surface area contributed by atoms with Crippen LogP contribution in [0, 0.1) is 0 Å². The second-order valence-electron chi connectivity index (χ2n) is 4.48. The average molecular weight is 348 g/mol. The molecule has 0 radical (unpaired) electrons. The van der Waals surface area contributed by atoms with Crippen LogP contribution < -0.4 is 5.32 Å². The van der Waals surface area contributed by atoms with Gasteiger partial charge in [-0.15, -0.1) is 0 Å². The van der Waals surface area contributed by atoms with Gasteiger partial charge in [-0.3, -0.25) is 4.79 Å². The highest BCUT2D eigenvalue weighted by Crippen LogP contribution is 2.29. The summed E-state index contributed by atoms with van der Waals surface area (Å²) in [5, 5.41) is 2.97. The summed E-state index contributed by atoms with van der Waals surface area (Å²) in [7, 11) is 0. The zero-order valence-corrected chi connectivity index (χ0v) is 12.6. The van der Waals surface area contributed by atoms with Crippen molar-refractivity contribution in [3.05, 3.63) is 69.2 Å². The molecule has 1 amide bonds. The summed E-state index contributed by atoms with van der Waals surface area (Å²) in [5.74, 6) is -0.451. The van der Waals surface area contributed by atoms with Crippen molar-refractivity contribution in [3.8, 4) is 0 Å². The molecule has 7 heteroatoms. The van der Waals surface area contributed by atoms with E-state index in [2.05, 4.69) is 5.32 Å². The molecular weight excluding hydrogens is 338 g/mol. The highest BCUT2D eigenvalue weighted by molar-refractivity contribution is 6.43. The number of amides is 1. The number of carbonyl (C=O) groups is 1. The van der Waals surface area contributed by atoms with Crippen LogP contribution in [0.25, 0.3) is 0 Å². The predicted octanol–water partition coefficient (Wildman–Crippen LogP) is 4.94. The largest absolute Gasteiger partial charge is 0.416 e. The van der Waals surface area contributed by atoms with Crippen LogP contribution in [0.4, 0.5) is 13.2 Å². The van der Waals surface area contributed by atoms with Crippen LogP contribution in [-0.2, 0) is 12.7 Å². The van der Waals surface area contributed by atoms with E-state index in [-0.39, 0.29) is 22.2 Å². The molecule has 0 aromatic heterocycles. The smallest absolute Gasteiger partial charge is 0.348 e. The number of nitrogens with one attached hydrogen (secondary N) is 1. The molecule has 22 heavy (non-hydrogen) atoms. The van der Waals surface area contributed by atoms with Gasteiger partial charge in [0.05, 0.1) is 21.2 Å². The third kappa shape index (κ3) is 3.93. The van der Waals surface area contributed by atoms with Gasteiger partial charge in [0.2, 0.25) is 0 Å². The van der Waals surface area contributed by atoms with E-state index in [0.29, 0.717) is 5.56 Å². The molecule has 0 aliphatic heterocycles. The van der Waals surface area contributed by atoms with Crippen molar-refractivity contribution in [1.29, 1.82) is 0 Å². The van der Waals surface area contributed by atoms with Crippen molar-refractivity contribution in [2.45, 2.75) is 12.7 Å². The third-order valence-electron chi connectivity index (χ3n) is 2.93. The Kier molecular flexibility index (Phi) is 4.98. The number of carbonyl (C=O) groups excluding carboxylic acids is 1. The Labute approximate surface area is 134 Å². The Hall–Kier alpha value is -1.72. The molecule has 2 rings (SSSR count). The molecule has 0 aliphatic rings. The monoisotopic (exact) mass is 347 g/mol. The lowest BCUT2D eigenvalue weighted by Gasteiger charge is -2.09. The molecule has 0 atom stereocenters. The summed E-state index contributed by atoms with van der Waals surface area (Å²) >= 11 is 11.7. The van der Waals surface area contributed by atoms with Gasteiger partial charge in [0.25, 0.3) is 5.91 Å². The molecule has 116 valence electrons. The molecule has 0 heterocycles. The number of alkyl halides is 3. The van der Waals surface area contributed by atoms with Crippen LogP contribution in [0.3, 0.4) is 0 Å². The molecule has 0 fully saturated rings. The van der Waals surface area contributed by atoms with Gasteiger partial charge in [-0.2, -0.15) is 13.2 Å². The first-order valence-electron chi connectivity index (χ1n) is 6.17. The molecule has 2 nitrogen and oxygen atoms in total. The van der Waals surface area contributed by atoms with Crippen LogP contribution in [0.5, 0.6) is 0 Å². The topological polar surface area (TPSA) is 29.1 Å². The van der Waals surface area contributed by atoms with E-state index in [1.807, 2.05) is 0 Å². The molecule has 0 spiro atoms. The first-order valence-corrected chi connectivity index (χ1v) is 6.93. The molecule has 0 bridgehead atoms. The van der Waals surface area contributed by atoms with Crippen molar-refractivity contribution >= 4 is 29.1 Å². The van der Waals surface area contributed by atoms with Crippen molar-refractivity contribution in [1.82, 2.24) is 5.32 Å². The molecule has 0 saturated carbocycles. The lowest BCUT2D eigenvalue weighted by molar-refractivity contribution is -0.137. The fourth-order valence-electron chi connectivity index (χ4n) is 1.77. The van der Waals surface area contributed by atoms with Crippen LogP contribution in [0.1, 0.15) is 21.5 Å². The van der Waals surface area contributed by atoms with Gasteiger partial charge in [0.15, 0.2) is 0 Å². The summed E-state index contributed by atoms with van der Waals surface area (Å²) in [5.41, 5.74) is 0.0149. The lowest BCUT2D eigenvalue weighted by atomic mass is 10.1. The molecule has 2 aromatic rings. The summed E-state index contributed by atoms with van der Waals surface area (Å²) in [6.07, 6.45) is -4.38. The first kappa shape index (κ1) is 16.6. The molecular formula is C15H10Cl2F3NO. The zero-order chi connectivity index (χ0) is 16.3. The van der Waals surface area contributed by atoms with Crippen molar-refractivity contribution < 1.29 is 18.0 Å². The second kappa shape index (κ2) is 6.58. The van der Waals surface area contributed by atoms with E-state index >= 15 is 0 Å². The predicted molar refractivity (Wildman–Crippen MR) is 79.1 cm³/mol. The van der Waals surface area contributed by atoms with Gasteiger partial charge in [-0.05, 0) is 29.8 Å². The summed E-state index contributed by atoms with van der Waals surface area (Å²) in [6, 6.07) is 9.20. The van der Waals surface area contributed by atoms with Crippen LogP contribution in [0.2, 0.25) is 10.0 Å². The van der Waals surface area contributed by atoms with E-state index in [1.165, 1.54) is 18.2 Å².